The van der Waals surface area contributed by atoms with Crippen LogP contribution in [0.2, 0.25) is 0 Å². The molecular formula is C27H34O2. The van der Waals surface area contributed by atoms with E-state index in [9.17, 15) is 4.79 Å². The summed E-state index contributed by atoms with van der Waals surface area (Å²) in [6, 6.07) is 17.2. The van der Waals surface area contributed by atoms with Gasteiger partial charge >= 0.3 is 5.97 Å². The Hall–Kier alpha value is -2.35. The molecule has 0 saturated heterocycles. The highest BCUT2D eigenvalue weighted by Gasteiger charge is 2.46. The van der Waals surface area contributed by atoms with Gasteiger partial charge in [0.05, 0.1) is 0 Å². The van der Waals surface area contributed by atoms with Gasteiger partial charge in [-0.3, -0.25) is 4.79 Å². The number of ether oxygens (including phenoxy) is 1. The van der Waals surface area contributed by atoms with Crippen LogP contribution in [0.25, 0.3) is 11.6 Å². The van der Waals surface area contributed by atoms with Gasteiger partial charge in [-0.2, -0.15) is 0 Å². The molecule has 0 spiro atoms. The van der Waals surface area contributed by atoms with E-state index in [0.29, 0.717) is 6.42 Å². The molecule has 2 nitrogen and oxygen atoms in total. The summed E-state index contributed by atoms with van der Waals surface area (Å²) in [7, 11) is 0. The van der Waals surface area contributed by atoms with E-state index in [1.165, 1.54) is 27.8 Å². The lowest BCUT2D eigenvalue weighted by molar-refractivity contribution is -0.154. The molecule has 0 heterocycles. The van der Waals surface area contributed by atoms with Gasteiger partial charge in [-0.15, -0.1) is 0 Å². The van der Waals surface area contributed by atoms with Gasteiger partial charge in [0.15, 0.2) is 0 Å². The van der Waals surface area contributed by atoms with Gasteiger partial charge < -0.3 is 4.74 Å². The average molecular weight is 391 g/mol. The lowest BCUT2D eigenvalue weighted by Gasteiger charge is -2.47. The second-order valence-electron chi connectivity index (χ2n) is 9.54. The van der Waals surface area contributed by atoms with Gasteiger partial charge in [0.1, 0.15) is 6.10 Å². The van der Waals surface area contributed by atoms with Crippen LogP contribution in [0.1, 0.15) is 83.1 Å². The van der Waals surface area contributed by atoms with Gasteiger partial charge in [0, 0.05) is 11.8 Å². The number of allylic oxidation sites excluding steroid dienone is 1. The van der Waals surface area contributed by atoms with Crippen LogP contribution in [-0.2, 0) is 20.4 Å². The molecule has 0 aliphatic heterocycles. The summed E-state index contributed by atoms with van der Waals surface area (Å²) in [5, 5.41) is 0. The number of rotatable bonds is 5. The molecule has 0 bridgehead atoms. The third-order valence-corrected chi connectivity index (χ3v) is 6.31. The van der Waals surface area contributed by atoms with Crippen molar-refractivity contribution in [2.75, 3.05) is 0 Å². The predicted molar refractivity (Wildman–Crippen MR) is 122 cm³/mol. The molecule has 29 heavy (non-hydrogen) atoms. The van der Waals surface area contributed by atoms with Crippen LogP contribution in [0.5, 0.6) is 0 Å². The van der Waals surface area contributed by atoms with Crippen molar-refractivity contribution in [2.45, 2.75) is 77.7 Å². The fraction of sp³-hybridized carbons (Fsp3) is 0.444. The zero-order valence-electron chi connectivity index (χ0n) is 18.7. The molecule has 0 fully saturated rings. The topological polar surface area (TPSA) is 26.3 Å². The quantitative estimate of drug-likeness (QED) is 0.409. The lowest BCUT2D eigenvalue weighted by atomic mass is 9.61. The van der Waals surface area contributed by atoms with Crippen molar-refractivity contribution < 1.29 is 9.53 Å². The fourth-order valence-corrected chi connectivity index (χ4v) is 4.41. The SMILES string of the molecule is CCCC(=O)OC1CC(C)(C)c2ccc(/C(C)=C/c3ccccc3)cc2C1(C)C. The van der Waals surface area contributed by atoms with Crippen LogP contribution in [0.4, 0.5) is 0 Å². The van der Waals surface area contributed by atoms with Crippen molar-refractivity contribution in [3.8, 4) is 0 Å². The van der Waals surface area contributed by atoms with Gasteiger partial charge in [-0.1, -0.05) is 89.2 Å². The third kappa shape index (κ3) is 4.47. The largest absolute Gasteiger partial charge is 0.461 e. The van der Waals surface area contributed by atoms with Crippen LogP contribution in [0.3, 0.4) is 0 Å². The first kappa shape index (κ1) is 21.4. The summed E-state index contributed by atoms with van der Waals surface area (Å²) in [6.07, 6.45) is 4.26. The maximum Gasteiger partial charge on any atom is 0.306 e. The molecule has 2 aromatic carbocycles. The number of hydrogen-bond donors (Lipinski definition) is 0. The molecule has 0 N–H and O–H groups in total. The Bertz CT molecular complexity index is 903. The Morgan fingerprint density at radius 2 is 1.76 bits per heavy atom. The van der Waals surface area contributed by atoms with E-state index >= 15 is 0 Å². The van der Waals surface area contributed by atoms with Crippen molar-refractivity contribution in [2.24, 2.45) is 0 Å². The van der Waals surface area contributed by atoms with Crippen molar-refractivity contribution in [1.29, 1.82) is 0 Å². The van der Waals surface area contributed by atoms with Crippen LogP contribution in [0, 0.1) is 0 Å². The summed E-state index contributed by atoms with van der Waals surface area (Å²) < 4.78 is 5.98. The Kier molecular flexibility index (Phi) is 6.03. The van der Waals surface area contributed by atoms with Crippen LogP contribution in [0.15, 0.2) is 48.5 Å². The number of fused-ring (bicyclic) bond motifs is 1. The highest BCUT2D eigenvalue weighted by atomic mass is 16.5. The average Bonchev–Trinajstić information content (AvgIpc) is 2.67. The zero-order chi connectivity index (χ0) is 21.2. The van der Waals surface area contributed by atoms with Crippen molar-refractivity contribution >= 4 is 17.6 Å². The van der Waals surface area contributed by atoms with Gasteiger partial charge in [-0.25, -0.2) is 0 Å². The van der Waals surface area contributed by atoms with E-state index in [1.54, 1.807) is 0 Å². The minimum absolute atomic E-state index is 0.0302. The Morgan fingerprint density at radius 3 is 2.41 bits per heavy atom. The normalized spacial score (nSPS) is 20.1. The van der Waals surface area contributed by atoms with Crippen molar-refractivity contribution in [1.82, 2.24) is 0 Å². The number of hydrogen-bond acceptors (Lipinski definition) is 2. The minimum atomic E-state index is -0.225. The zero-order valence-corrected chi connectivity index (χ0v) is 18.7. The summed E-state index contributed by atoms with van der Waals surface area (Å²) in [5.41, 5.74) is 6.06. The second kappa shape index (κ2) is 8.18. The number of carbonyl (C=O) groups excluding carboxylic acids is 1. The molecule has 2 heteroatoms. The van der Waals surface area contributed by atoms with E-state index in [2.05, 4.69) is 83.2 Å². The monoisotopic (exact) mass is 390 g/mol. The van der Waals surface area contributed by atoms with E-state index < -0.39 is 0 Å². The summed E-state index contributed by atoms with van der Waals surface area (Å²) >= 11 is 0. The van der Waals surface area contributed by atoms with Gasteiger partial charge in [-0.05, 0) is 53.0 Å². The van der Waals surface area contributed by atoms with Gasteiger partial charge in [0.25, 0.3) is 0 Å². The molecule has 1 unspecified atom stereocenters. The Balaban J connectivity index is 2.01. The molecule has 1 atom stereocenters. The molecule has 1 aliphatic carbocycles. The van der Waals surface area contributed by atoms with Crippen molar-refractivity contribution in [3.05, 3.63) is 70.8 Å². The second-order valence-corrected chi connectivity index (χ2v) is 9.54. The minimum Gasteiger partial charge on any atom is -0.461 e. The Morgan fingerprint density at radius 1 is 1.07 bits per heavy atom. The first-order chi connectivity index (χ1) is 13.6. The standard InChI is InChI=1S/C27H34O2/c1-7-11-25(28)29-24-18-26(3,4)22-15-14-21(17-23(22)27(24,5)6)19(2)16-20-12-9-8-10-13-20/h8-10,12-17,24H,7,11,18H2,1-6H3/b19-16+. The fourth-order valence-electron chi connectivity index (χ4n) is 4.41. The first-order valence-corrected chi connectivity index (χ1v) is 10.7. The molecule has 154 valence electrons. The highest BCUT2D eigenvalue weighted by molar-refractivity contribution is 5.80. The first-order valence-electron chi connectivity index (χ1n) is 10.7. The van der Waals surface area contributed by atoms with E-state index in [-0.39, 0.29) is 22.9 Å². The highest BCUT2D eigenvalue weighted by Crippen LogP contribution is 2.48. The van der Waals surface area contributed by atoms with E-state index in [4.69, 9.17) is 4.74 Å². The maximum absolute atomic E-state index is 12.3. The molecule has 3 rings (SSSR count). The van der Waals surface area contributed by atoms with Crippen LogP contribution >= 0.6 is 0 Å². The molecule has 0 aromatic heterocycles. The number of benzene rings is 2. The van der Waals surface area contributed by atoms with Crippen LogP contribution in [-0.4, -0.2) is 12.1 Å². The molecule has 1 aliphatic rings. The molecular weight excluding hydrogens is 356 g/mol. The van der Waals surface area contributed by atoms with E-state index in [1.807, 2.05) is 13.0 Å². The lowest BCUT2D eigenvalue weighted by Crippen LogP contribution is -2.47. The Labute approximate surface area is 176 Å². The summed E-state index contributed by atoms with van der Waals surface area (Å²) in [6.45, 7) is 13.1. The number of carbonyl (C=O) groups is 1. The van der Waals surface area contributed by atoms with Crippen molar-refractivity contribution in [3.63, 3.8) is 0 Å². The molecule has 0 radical (unpaired) electrons. The van der Waals surface area contributed by atoms with Gasteiger partial charge in [0.2, 0.25) is 0 Å². The maximum atomic E-state index is 12.3. The number of esters is 1. The summed E-state index contributed by atoms with van der Waals surface area (Å²) in [4.78, 5) is 12.3. The smallest absolute Gasteiger partial charge is 0.306 e. The van der Waals surface area contributed by atoms with E-state index in [0.717, 1.165) is 12.8 Å². The van der Waals surface area contributed by atoms with Crippen LogP contribution < -0.4 is 0 Å². The molecule has 0 saturated carbocycles. The molecule has 0 amide bonds. The molecule has 2 aromatic rings. The predicted octanol–water partition coefficient (Wildman–Crippen LogP) is 6.92. The third-order valence-electron chi connectivity index (χ3n) is 6.31. The summed E-state index contributed by atoms with van der Waals surface area (Å²) in [5.74, 6) is -0.0823.